The molecule has 4 rings (SSSR count). The summed E-state index contributed by atoms with van der Waals surface area (Å²) in [6, 6.07) is 5.97. The van der Waals surface area contributed by atoms with E-state index >= 15 is 0 Å². The Labute approximate surface area is 143 Å². The molecular weight excluding hydrogens is 322 g/mol. The SMILES string of the molecule is Cc1nn(C)c2nc(-c3cccs3)cc(C(=O)N3CC[C@@H](N)C3)c12. The molecule has 6 nitrogen and oxygen atoms in total. The molecule has 0 unspecified atom stereocenters. The highest BCUT2D eigenvalue weighted by Crippen LogP contribution is 2.30. The number of aromatic nitrogens is 3. The zero-order valence-corrected chi connectivity index (χ0v) is 14.5. The minimum Gasteiger partial charge on any atom is -0.337 e. The minimum absolute atomic E-state index is 0.0178. The lowest BCUT2D eigenvalue weighted by Gasteiger charge is -2.17. The van der Waals surface area contributed by atoms with Crippen molar-refractivity contribution >= 4 is 28.3 Å². The highest BCUT2D eigenvalue weighted by Gasteiger charge is 2.28. The molecule has 24 heavy (non-hydrogen) atoms. The van der Waals surface area contributed by atoms with Crippen molar-refractivity contribution in [3.05, 3.63) is 34.8 Å². The Morgan fingerprint density at radius 2 is 2.29 bits per heavy atom. The van der Waals surface area contributed by atoms with E-state index in [1.165, 1.54) is 0 Å². The first kappa shape index (κ1) is 15.3. The molecule has 1 amide bonds. The maximum Gasteiger partial charge on any atom is 0.254 e. The van der Waals surface area contributed by atoms with Crippen molar-refractivity contribution < 1.29 is 4.79 Å². The normalized spacial score (nSPS) is 17.8. The van der Waals surface area contributed by atoms with Crippen LogP contribution in [-0.4, -0.2) is 44.7 Å². The van der Waals surface area contributed by atoms with Crippen LogP contribution in [0.2, 0.25) is 0 Å². The van der Waals surface area contributed by atoms with Crippen molar-refractivity contribution in [1.82, 2.24) is 19.7 Å². The van der Waals surface area contributed by atoms with Crippen molar-refractivity contribution in [3.63, 3.8) is 0 Å². The first-order valence-corrected chi connectivity index (χ1v) is 8.85. The lowest BCUT2D eigenvalue weighted by atomic mass is 10.1. The van der Waals surface area contributed by atoms with Gasteiger partial charge in [-0.25, -0.2) is 4.98 Å². The number of hydrogen-bond acceptors (Lipinski definition) is 5. The van der Waals surface area contributed by atoms with E-state index in [1.807, 2.05) is 42.5 Å². The highest BCUT2D eigenvalue weighted by atomic mass is 32.1. The van der Waals surface area contributed by atoms with Crippen LogP contribution < -0.4 is 5.73 Å². The van der Waals surface area contributed by atoms with Crippen molar-refractivity contribution in [3.8, 4) is 10.6 Å². The van der Waals surface area contributed by atoms with Crippen LogP contribution in [0.4, 0.5) is 0 Å². The van der Waals surface area contributed by atoms with Crippen LogP contribution in [0.1, 0.15) is 22.5 Å². The second kappa shape index (κ2) is 5.68. The lowest BCUT2D eigenvalue weighted by Crippen LogP contribution is -2.32. The number of nitrogens with zero attached hydrogens (tertiary/aromatic N) is 4. The lowest BCUT2D eigenvalue weighted by molar-refractivity contribution is 0.0792. The van der Waals surface area contributed by atoms with Gasteiger partial charge in [0.15, 0.2) is 5.65 Å². The van der Waals surface area contributed by atoms with E-state index in [4.69, 9.17) is 10.7 Å². The molecule has 0 spiro atoms. The summed E-state index contributed by atoms with van der Waals surface area (Å²) in [6.45, 7) is 3.23. The number of hydrogen-bond donors (Lipinski definition) is 1. The predicted octanol–water partition coefficient (Wildman–Crippen LogP) is 2.18. The molecule has 124 valence electrons. The topological polar surface area (TPSA) is 77.0 Å². The average Bonchev–Trinajstić information content (AvgIpc) is 3.28. The van der Waals surface area contributed by atoms with Crippen molar-refractivity contribution in [1.29, 1.82) is 0 Å². The van der Waals surface area contributed by atoms with Crippen LogP contribution in [0.5, 0.6) is 0 Å². The van der Waals surface area contributed by atoms with Crippen molar-refractivity contribution in [2.45, 2.75) is 19.4 Å². The smallest absolute Gasteiger partial charge is 0.254 e. The first-order chi connectivity index (χ1) is 11.5. The maximum atomic E-state index is 13.1. The number of carbonyl (C=O) groups excluding carboxylic acids is 1. The van der Waals surface area contributed by atoms with Gasteiger partial charge in [-0.1, -0.05) is 6.07 Å². The van der Waals surface area contributed by atoms with Gasteiger partial charge in [-0.3, -0.25) is 9.48 Å². The van der Waals surface area contributed by atoms with E-state index in [0.717, 1.165) is 33.7 Å². The summed E-state index contributed by atoms with van der Waals surface area (Å²) in [5.74, 6) is 0.0178. The summed E-state index contributed by atoms with van der Waals surface area (Å²) >= 11 is 1.61. The number of fused-ring (bicyclic) bond motifs is 1. The Morgan fingerprint density at radius 1 is 1.46 bits per heavy atom. The zero-order valence-electron chi connectivity index (χ0n) is 13.7. The molecule has 1 saturated heterocycles. The molecule has 0 aromatic carbocycles. The summed E-state index contributed by atoms with van der Waals surface area (Å²) in [4.78, 5) is 20.7. The van der Waals surface area contributed by atoms with E-state index in [9.17, 15) is 4.79 Å². The summed E-state index contributed by atoms with van der Waals surface area (Å²) in [7, 11) is 1.86. The monoisotopic (exact) mass is 341 g/mol. The van der Waals surface area contributed by atoms with Gasteiger partial charge in [-0.05, 0) is 30.9 Å². The Balaban J connectivity index is 1.90. The Hall–Kier alpha value is -2.25. The van der Waals surface area contributed by atoms with Gasteiger partial charge in [0.2, 0.25) is 0 Å². The molecule has 1 atom stereocenters. The van der Waals surface area contributed by atoms with Gasteiger partial charge in [-0.2, -0.15) is 5.10 Å². The molecule has 1 aliphatic rings. The second-order valence-electron chi connectivity index (χ2n) is 6.24. The Morgan fingerprint density at radius 3 is 2.96 bits per heavy atom. The minimum atomic E-state index is 0.0178. The van der Waals surface area contributed by atoms with Crippen LogP contribution in [0, 0.1) is 6.92 Å². The number of thiophene rings is 1. The molecule has 0 bridgehead atoms. The van der Waals surface area contributed by atoms with Crippen molar-refractivity contribution in [2.24, 2.45) is 12.8 Å². The molecule has 0 saturated carbocycles. The number of aryl methyl sites for hydroxylation is 2. The van der Waals surface area contributed by atoms with E-state index in [-0.39, 0.29) is 11.9 Å². The molecule has 3 aromatic heterocycles. The molecule has 4 heterocycles. The quantitative estimate of drug-likeness (QED) is 0.775. The number of pyridine rings is 1. The van der Waals surface area contributed by atoms with Gasteiger partial charge in [0.25, 0.3) is 5.91 Å². The van der Waals surface area contributed by atoms with E-state index < -0.39 is 0 Å². The molecule has 2 N–H and O–H groups in total. The number of carbonyl (C=O) groups is 1. The summed E-state index contributed by atoms with van der Waals surface area (Å²) < 4.78 is 1.74. The van der Waals surface area contributed by atoms with Crippen LogP contribution in [0.15, 0.2) is 23.6 Å². The standard InChI is InChI=1S/C17H19N5OS/c1-10-15-12(17(23)22-6-5-11(18)9-22)8-13(14-4-3-7-24-14)19-16(15)21(2)20-10/h3-4,7-8,11H,5-6,9,18H2,1-2H3/t11-/m1/s1. The largest absolute Gasteiger partial charge is 0.337 e. The fourth-order valence-electron chi connectivity index (χ4n) is 3.31. The van der Waals surface area contributed by atoms with Gasteiger partial charge in [0.05, 0.1) is 27.2 Å². The molecule has 1 fully saturated rings. The number of nitrogens with two attached hydrogens (primary N) is 1. The number of amides is 1. The van der Waals surface area contributed by atoms with Crippen LogP contribution in [-0.2, 0) is 7.05 Å². The van der Waals surface area contributed by atoms with Gasteiger partial charge in [0, 0.05) is 26.2 Å². The molecule has 1 aliphatic heterocycles. The van der Waals surface area contributed by atoms with E-state index in [2.05, 4.69) is 5.10 Å². The predicted molar refractivity (Wildman–Crippen MR) is 95.1 cm³/mol. The van der Waals surface area contributed by atoms with Gasteiger partial charge >= 0.3 is 0 Å². The number of likely N-dealkylation sites (tertiary alicyclic amines) is 1. The molecule has 0 aliphatic carbocycles. The first-order valence-electron chi connectivity index (χ1n) is 7.97. The summed E-state index contributed by atoms with van der Waals surface area (Å²) in [6.07, 6.45) is 0.851. The van der Waals surface area contributed by atoms with Gasteiger partial charge in [-0.15, -0.1) is 11.3 Å². The Kier molecular flexibility index (Phi) is 3.62. The maximum absolute atomic E-state index is 13.1. The third-order valence-corrected chi connectivity index (χ3v) is 5.38. The third kappa shape index (κ3) is 2.40. The van der Waals surface area contributed by atoms with Crippen molar-refractivity contribution in [2.75, 3.05) is 13.1 Å². The highest BCUT2D eigenvalue weighted by molar-refractivity contribution is 7.13. The fourth-order valence-corrected chi connectivity index (χ4v) is 3.99. The average molecular weight is 341 g/mol. The third-order valence-electron chi connectivity index (χ3n) is 4.48. The fraction of sp³-hybridized carbons (Fsp3) is 0.353. The van der Waals surface area contributed by atoms with E-state index in [0.29, 0.717) is 18.7 Å². The number of rotatable bonds is 2. The Bertz CT molecular complexity index is 915. The van der Waals surface area contributed by atoms with Gasteiger partial charge in [0.1, 0.15) is 0 Å². The molecule has 3 aromatic rings. The second-order valence-corrected chi connectivity index (χ2v) is 7.19. The van der Waals surface area contributed by atoms with Crippen LogP contribution >= 0.6 is 11.3 Å². The summed E-state index contributed by atoms with van der Waals surface area (Å²) in [5, 5.41) is 7.31. The summed E-state index contributed by atoms with van der Waals surface area (Å²) in [5.41, 5.74) is 9.02. The van der Waals surface area contributed by atoms with Crippen LogP contribution in [0.3, 0.4) is 0 Å². The molecule has 7 heteroatoms. The molecule has 0 radical (unpaired) electrons. The van der Waals surface area contributed by atoms with Gasteiger partial charge < -0.3 is 10.6 Å². The van der Waals surface area contributed by atoms with Crippen LogP contribution in [0.25, 0.3) is 21.6 Å². The molecular formula is C17H19N5OS. The zero-order chi connectivity index (χ0) is 16.8. The van der Waals surface area contributed by atoms with E-state index in [1.54, 1.807) is 16.0 Å².